The first-order chi connectivity index (χ1) is 14.9. The van der Waals surface area contributed by atoms with E-state index >= 15 is 0 Å². The van der Waals surface area contributed by atoms with Gasteiger partial charge in [-0.3, -0.25) is 4.79 Å². The van der Waals surface area contributed by atoms with Crippen LogP contribution in [0.1, 0.15) is 16.7 Å². The Morgan fingerprint density at radius 2 is 1.71 bits per heavy atom. The molecule has 0 aliphatic carbocycles. The maximum Gasteiger partial charge on any atom is 0.248 e. The first-order valence-electron chi connectivity index (χ1n) is 9.68. The van der Waals surface area contributed by atoms with E-state index in [4.69, 9.17) is 4.74 Å². The Morgan fingerprint density at radius 3 is 2.45 bits per heavy atom. The summed E-state index contributed by atoms with van der Waals surface area (Å²) in [5.41, 5.74) is 2.79. The highest BCUT2D eigenvalue weighted by atomic mass is 32.2. The van der Waals surface area contributed by atoms with Crippen molar-refractivity contribution >= 4 is 27.7 Å². The van der Waals surface area contributed by atoms with Crippen molar-refractivity contribution in [3.63, 3.8) is 0 Å². The van der Waals surface area contributed by atoms with Crippen LogP contribution in [0.25, 0.3) is 6.08 Å². The Balaban J connectivity index is 1.70. The molecule has 0 aliphatic rings. The second-order valence-electron chi connectivity index (χ2n) is 6.82. The Kier molecular flexibility index (Phi) is 7.23. The number of rotatable bonds is 8. The number of benzene rings is 3. The van der Waals surface area contributed by atoms with Crippen molar-refractivity contribution in [1.82, 2.24) is 4.72 Å². The first-order valence-corrected chi connectivity index (χ1v) is 11.2. The zero-order chi connectivity index (χ0) is 22.3. The molecule has 0 saturated heterocycles. The molecule has 0 radical (unpaired) electrons. The highest BCUT2D eigenvalue weighted by Crippen LogP contribution is 2.22. The van der Waals surface area contributed by atoms with E-state index in [0.29, 0.717) is 23.6 Å². The first kappa shape index (κ1) is 22.3. The molecule has 3 rings (SSSR count). The lowest BCUT2D eigenvalue weighted by atomic mass is 10.1. The van der Waals surface area contributed by atoms with Crippen molar-refractivity contribution in [1.29, 1.82) is 0 Å². The zero-order valence-corrected chi connectivity index (χ0v) is 18.1. The Bertz CT molecular complexity index is 1190. The van der Waals surface area contributed by atoms with Gasteiger partial charge in [-0.05, 0) is 49.4 Å². The minimum Gasteiger partial charge on any atom is -0.488 e. The van der Waals surface area contributed by atoms with Gasteiger partial charge in [0.2, 0.25) is 15.9 Å². The van der Waals surface area contributed by atoms with Crippen molar-refractivity contribution in [3.05, 3.63) is 95.6 Å². The minimum absolute atomic E-state index is 0.122. The largest absolute Gasteiger partial charge is 0.488 e. The van der Waals surface area contributed by atoms with Crippen LogP contribution in [-0.2, 0) is 21.4 Å². The van der Waals surface area contributed by atoms with Gasteiger partial charge in [0.15, 0.2) is 0 Å². The number of para-hydroxylation sites is 1. The average molecular weight is 437 g/mol. The number of sulfonamides is 1. The summed E-state index contributed by atoms with van der Waals surface area (Å²) < 4.78 is 32.4. The summed E-state index contributed by atoms with van der Waals surface area (Å²) in [7, 11) is -2.27. The number of aryl methyl sites for hydroxylation is 1. The second kappa shape index (κ2) is 10.1. The molecule has 3 aromatic carbocycles. The van der Waals surface area contributed by atoms with E-state index < -0.39 is 10.0 Å². The highest BCUT2D eigenvalue weighted by molar-refractivity contribution is 7.89. The summed E-state index contributed by atoms with van der Waals surface area (Å²) in [6, 6.07) is 22.0. The maximum atomic E-state index is 12.4. The van der Waals surface area contributed by atoms with Crippen LogP contribution in [0.3, 0.4) is 0 Å². The van der Waals surface area contributed by atoms with Crippen LogP contribution in [-0.4, -0.2) is 21.4 Å². The number of carbonyl (C=O) groups excluding carboxylic acids is 1. The SMILES string of the molecule is CNS(=O)(=O)c1cc(NC(=O)C=Cc2ccccc2OCc2ccccc2)ccc1C. The number of amides is 1. The number of ether oxygens (including phenoxy) is 1. The normalized spacial score (nSPS) is 11.4. The van der Waals surface area contributed by atoms with E-state index in [1.54, 1.807) is 25.1 Å². The van der Waals surface area contributed by atoms with Gasteiger partial charge in [0.05, 0.1) is 4.90 Å². The van der Waals surface area contributed by atoms with Crippen molar-refractivity contribution in [2.45, 2.75) is 18.4 Å². The summed E-state index contributed by atoms with van der Waals surface area (Å²) in [4.78, 5) is 12.5. The van der Waals surface area contributed by atoms with Crippen LogP contribution in [0.2, 0.25) is 0 Å². The molecule has 0 fully saturated rings. The molecule has 0 atom stereocenters. The number of anilines is 1. The molecule has 0 spiro atoms. The average Bonchev–Trinajstić information content (AvgIpc) is 2.78. The molecule has 0 unspecified atom stereocenters. The third-order valence-corrected chi connectivity index (χ3v) is 6.14. The smallest absolute Gasteiger partial charge is 0.248 e. The summed E-state index contributed by atoms with van der Waals surface area (Å²) in [5.74, 6) is 0.280. The van der Waals surface area contributed by atoms with Crippen LogP contribution in [0.15, 0.2) is 83.8 Å². The van der Waals surface area contributed by atoms with Gasteiger partial charge in [0, 0.05) is 17.3 Å². The third-order valence-electron chi connectivity index (χ3n) is 4.58. The van der Waals surface area contributed by atoms with Crippen molar-refractivity contribution in [2.75, 3.05) is 12.4 Å². The molecule has 160 valence electrons. The molecule has 0 aliphatic heterocycles. The molecule has 0 saturated carbocycles. The van der Waals surface area contributed by atoms with Crippen LogP contribution in [0.5, 0.6) is 5.75 Å². The van der Waals surface area contributed by atoms with E-state index in [9.17, 15) is 13.2 Å². The van der Waals surface area contributed by atoms with Gasteiger partial charge in [-0.2, -0.15) is 0 Å². The Hall–Kier alpha value is -3.42. The molecule has 31 heavy (non-hydrogen) atoms. The van der Waals surface area contributed by atoms with Gasteiger partial charge >= 0.3 is 0 Å². The minimum atomic E-state index is -3.61. The van der Waals surface area contributed by atoms with Gasteiger partial charge in [-0.1, -0.05) is 54.6 Å². The predicted octanol–water partition coefficient (Wildman–Crippen LogP) is 4.13. The molecule has 2 N–H and O–H groups in total. The van der Waals surface area contributed by atoms with Crippen molar-refractivity contribution in [3.8, 4) is 5.75 Å². The topological polar surface area (TPSA) is 84.5 Å². The van der Waals surface area contributed by atoms with Gasteiger partial charge in [-0.25, -0.2) is 13.1 Å². The van der Waals surface area contributed by atoms with Crippen LogP contribution >= 0.6 is 0 Å². The molecular weight excluding hydrogens is 412 g/mol. The van der Waals surface area contributed by atoms with Gasteiger partial charge in [0.25, 0.3) is 0 Å². The summed E-state index contributed by atoms with van der Waals surface area (Å²) in [5, 5.41) is 2.69. The van der Waals surface area contributed by atoms with Crippen molar-refractivity contribution in [2.24, 2.45) is 0 Å². The predicted molar refractivity (Wildman–Crippen MR) is 122 cm³/mol. The van der Waals surface area contributed by atoms with Crippen molar-refractivity contribution < 1.29 is 17.9 Å². The van der Waals surface area contributed by atoms with Crippen LogP contribution < -0.4 is 14.8 Å². The summed E-state index contributed by atoms with van der Waals surface area (Å²) in [6.07, 6.45) is 3.05. The zero-order valence-electron chi connectivity index (χ0n) is 17.3. The van der Waals surface area contributed by atoms with E-state index in [-0.39, 0.29) is 10.8 Å². The lowest BCUT2D eigenvalue weighted by molar-refractivity contribution is -0.111. The fourth-order valence-electron chi connectivity index (χ4n) is 2.91. The van der Waals surface area contributed by atoms with E-state index in [0.717, 1.165) is 11.1 Å². The van der Waals surface area contributed by atoms with E-state index in [1.165, 1.54) is 19.2 Å². The van der Waals surface area contributed by atoms with Gasteiger partial charge in [0.1, 0.15) is 12.4 Å². The number of hydrogen-bond donors (Lipinski definition) is 2. The Labute approximate surface area is 182 Å². The molecule has 3 aromatic rings. The quantitative estimate of drug-likeness (QED) is 0.520. The number of nitrogens with one attached hydrogen (secondary N) is 2. The molecule has 0 aromatic heterocycles. The van der Waals surface area contributed by atoms with E-state index in [1.807, 2.05) is 54.6 Å². The molecule has 1 amide bonds. The number of hydrogen-bond acceptors (Lipinski definition) is 4. The highest BCUT2D eigenvalue weighted by Gasteiger charge is 2.15. The monoisotopic (exact) mass is 436 g/mol. The fourth-order valence-corrected chi connectivity index (χ4v) is 3.91. The van der Waals surface area contributed by atoms with Gasteiger partial charge in [-0.15, -0.1) is 0 Å². The third kappa shape index (κ3) is 6.04. The number of carbonyl (C=O) groups is 1. The molecule has 6 nitrogen and oxygen atoms in total. The van der Waals surface area contributed by atoms with E-state index in [2.05, 4.69) is 10.0 Å². The lowest BCUT2D eigenvalue weighted by Gasteiger charge is -2.10. The van der Waals surface area contributed by atoms with Crippen LogP contribution in [0, 0.1) is 6.92 Å². The lowest BCUT2D eigenvalue weighted by Crippen LogP contribution is -2.20. The summed E-state index contributed by atoms with van der Waals surface area (Å²) >= 11 is 0. The molecule has 0 heterocycles. The fraction of sp³-hybridized carbons (Fsp3) is 0.125. The maximum absolute atomic E-state index is 12.4. The molecule has 0 bridgehead atoms. The summed E-state index contributed by atoms with van der Waals surface area (Å²) in [6.45, 7) is 2.12. The van der Waals surface area contributed by atoms with Crippen LogP contribution in [0.4, 0.5) is 5.69 Å². The Morgan fingerprint density at radius 1 is 1.00 bits per heavy atom. The standard InChI is InChI=1S/C24H24N2O4S/c1-18-12-14-21(16-23(18)31(28,29)25-2)26-24(27)15-13-20-10-6-7-11-22(20)30-17-19-8-4-3-5-9-19/h3-16,25H,17H2,1-2H3,(H,26,27). The second-order valence-corrected chi connectivity index (χ2v) is 8.68. The molecule has 7 heteroatoms. The van der Waals surface area contributed by atoms with Gasteiger partial charge < -0.3 is 10.1 Å². The molecular formula is C24H24N2O4S.